The quantitative estimate of drug-likeness (QED) is 0.606. The molecule has 9 heteroatoms. The maximum absolute atomic E-state index is 12.4. The number of nitrogens with one attached hydrogen (secondary N) is 1. The normalized spacial score (nSPS) is 13.5. The molecule has 0 bridgehead atoms. The molecule has 8 nitrogen and oxygen atoms in total. The highest BCUT2D eigenvalue weighted by molar-refractivity contribution is 8.14. The molecule has 3 rings (SSSR count). The van der Waals surface area contributed by atoms with E-state index in [1.165, 1.54) is 16.8 Å². The maximum atomic E-state index is 12.4. The average Bonchev–Trinajstić information content (AvgIpc) is 2.78. The van der Waals surface area contributed by atoms with Crippen molar-refractivity contribution in [3.8, 4) is 6.07 Å². The molecular formula is C23H25N5O3S. The Morgan fingerprint density at radius 2 is 2.06 bits per heavy atom. The summed E-state index contributed by atoms with van der Waals surface area (Å²) in [6.07, 6.45) is 0.251. The smallest absolute Gasteiger partial charge is 0.411 e. The molecule has 0 aliphatic carbocycles. The number of hydrogen-bond acceptors (Lipinski definition) is 7. The van der Waals surface area contributed by atoms with Crippen LogP contribution in [0.1, 0.15) is 23.1 Å². The Labute approximate surface area is 191 Å². The predicted molar refractivity (Wildman–Crippen MR) is 126 cm³/mol. The van der Waals surface area contributed by atoms with Gasteiger partial charge in [0, 0.05) is 18.0 Å². The summed E-state index contributed by atoms with van der Waals surface area (Å²) in [6.45, 7) is 1.46. The highest BCUT2D eigenvalue weighted by Crippen LogP contribution is 2.23. The van der Waals surface area contributed by atoms with Crippen molar-refractivity contribution < 1.29 is 14.3 Å². The summed E-state index contributed by atoms with van der Waals surface area (Å²) in [5.74, 6) is 0.475. The zero-order chi connectivity index (χ0) is 22.9. The van der Waals surface area contributed by atoms with E-state index in [1.54, 1.807) is 24.3 Å². The van der Waals surface area contributed by atoms with Crippen LogP contribution in [0, 0.1) is 11.3 Å². The van der Waals surface area contributed by atoms with E-state index in [9.17, 15) is 9.59 Å². The molecule has 0 spiro atoms. The van der Waals surface area contributed by atoms with E-state index >= 15 is 0 Å². The molecule has 32 heavy (non-hydrogen) atoms. The molecule has 0 radical (unpaired) electrons. The lowest BCUT2D eigenvalue weighted by atomic mass is 10.1. The van der Waals surface area contributed by atoms with Crippen LogP contribution in [0.15, 0.2) is 53.6 Å². The van der Waals surface area contributed by atoms with Gasteiger partial charge in [-0.25, -0.2) is 9.80 Å². The standard InChI is InChI=1S/C23H25N5O3S/c1-27(2)11-4-12-31-22(29)25-20-6-3-5-18(13-20)15-28-23(30)32-16-21(26-28)19-9-7-17(14-24)8-10-19/h3,5-10,13H,4,11-12,15-16H2,1-2H3,(H,25,29). The molecule has 0 aromatic heterocycles. The van der Waals surface area contributed by atoms with E-state index in [2.05, 4.69) is 16.5 Å². The molecule has 0 saturated heterocycles. The van der Waals surface area contributed by atoms with Crippen molar-refractivity contribution in [3.63, 3.8) is 0 Å². The highest BCUT2D eigenvalue weighted by atomic mass is 32.2. The van der Waals surface area contributed by atoms with Crippen molar-refractivity contribution in [1.29, 1.82) is 5.26 Å². The van der Waals surface area contributed by atoms with Crippen molar-refractivity contribution >= 4 is 34.5 Å². The summed E-state index contributed by atoms with van der Waals surface area (Å²) in [5.41, 5.74) is 3.64. The number of hydrogen-bond donors (Lipinski definition) is 1. The van der Waals surface area contributed by atoms with Gasteiger partial charge in [-0.3, -0.25) is 10.1 Å². The second-order valence-electron chi connectivity index (χ2n) is 7.47. The lowest BCUT2D eigenvalue weighted by Gasteiger charge is -2.23. The maximum Gasteiger partial charge on any atom is 0.411 e. The lowest BCUT2D eigenvalue weighted by molar-refractivity contribution is 0.156. The first-order valence-electron chi connectivity index (χ1n) is 10.1. The Morgan fingerprint density at radius 1 is 1.28 bits per heavy atom. The van der Waals surface area contributed by atoms with Gasteiger partial charge in [-0.05, 0) is 55.9 Å². The molecule has 0 saturated carbocycles. The van der Waals surface area contributed by atoms with Gasteiger partial charge in [-0.1, -0.05) is 36.0 Å². The van der Waals surface area contributed by atoms with Gasteiger partial charge in [0.1, 0.15) is 0 Å². The number of hydrazone groups is 1. The lowest BCUT2D eigenvalue weighted by Crippen LogP contribution is -2.29. The molecule has 0 unspecified atom stereocenters. The van der Waals surface area contributed by atoms with Crippen LogP contribution in [0.2, 0.25) is 0 Å². The first kappa shape index (κ1) is 23.3. The minimum absolute atomic E-state index is 0.138. The summed E-state index contributed by atoms with van der Waals surface area (Å²) in [5, 5.41) is 17.5. The van der Waals surface area contributed by atoms with Crippen molar-refractivity contribution in [2.75, 3.05) is 38.3 Å². The number of anilines is 1. The molecule has 0 fully saturated rings. The van der Waals surface area contributed by atoms with E-state index in [0.29, 0.717) is 23.6 Å². The molecule has 166 valence electrons. The van der Waals surface area contributed by atoms with Crippen LogP contribution in [0.3, 0.4) is 0 Å². The fourth-order valence-electron chi connectivity index (χ4n) is 3.02. The zero-order valence-corrected chi connectivity index (χ0v) is 18.9. The number of carbonyl (C=O) groups is 2. The van der Waals surface area contributed by atoms with Gasteiger partial charge in [-0.2, -0.15) is 10.4 Å². The minimum atomic E-state index is -0.508. The number of nitrogens with zero attached hydrogens (tertiary/aromatic N) is 4. The van der Waals surface area contributed by atoms with Crippen molar-refractivity contribution in [2.45, 2.75) is 13.0 Å². The molecular weight excluding hydrogens is 426 g/mol. The fraction of sp³-hybridized carbons (Fsp3) is 0.304. The van der Waals surface area contributed by atoms with Crippen molar-refractivity contribution in [3.05, 3.63) is 65.2 Å². The first-order chi connectivity index (χ1) is 15.4. The SMILES string of the molecule is CN(C)CCCOC(=O)Nc1cccc(CN2N=C(c3ccc(C#N)cc3)CSC2=O)c1. The summed E-state index contributed by atoms with van der Waals surface area (Å²) in [7, 11) is 3.93. The van der Waals surface area contributed by atoms with Gasteiger partial charge >= 0.3 is 11.3 Å². The predicted octanol–water partition coefficient (Wildman–Crippen LogP) is 4.13. The van der Waals surface area contributed by atoms with Crippen LogP contribution in [0.4, 0.5) is 15.3 Å². The number of nitriles is 1. The van der Waals surface area contributed by atoms with Gasteiger partial charge in [0.15, 0.2) is 0 Å². The van der Waals surface area contributed by atoms with E-state index in [1.807, 2.05) is 43.3 Å². The molecule has 0 atom stereocenters. The van der Waals surface area contributed by atoms with Gasteiger partial charge in [0.2, 0.25) is 0 Å². The van der Waals surface area contributed by atoms with E-state index < -0.39 is 6.09 Å². The Balaban J connectivity index is 1.62. The molecule has 1 aliphatic rings. The van der Waals surface area contributed by atoms with Crippen LogP contribution < -0.4 is 5.32 Å². The topological polar surface area (TPSA) is 98.0 Å². The van der Waals surface area contributed by atoms with Crippen LogP contribution >= 0.6 is 11.8 Å². The Kier molecular flexibility index (Phi) is 8.25. The number of rotatable bonds is 8. The highest BCUT2D eigenvalue weighted by Gasteiger charge is 2.22. The first-order valence-corrected chi connectivity index (χ1v) is 11.1. The van der Waals surface area contributed by atoms with Crippen LogP contribution in [0.25, 0.3) is 0 Å². The third kappa shape index (κ3) is 6.83. The number of amides is 2. The summed E-state index contributed by atoms with van der Waals surface area (Å²) in [4.78, 5) is 26.4. The number of benzene rings is 2. The Bertz CT molecular complexity index is 1030. The van der Waals surface area contributed by atoms with Gasteiger partial charge in [0.05, 0.1) is 30.5 Å². The third-order valence-electron chi connectivity index (χ3n) is 4.62. The van der Waals surface area contributed by atoms with Crippen LogP contribution in [-0.2, 0) is 11.3 Å². The summed E-state index contributed by atoms with van der Waals surface area (Å²) < 4.78 is 5.20. The second kappa shape index (κ2) is 11.3. The Hall–Kier alpha value is -3.35. The summed E-state index contributed by atoms with van der Waals surface area (Å²) >= 11 is 1.18. The van der Waals surface area contributed by atoms with E-state index in [-0.39, 0.29) is 11.8 Å². The van der Waals surface area contributed by atoms with Crippen LogP contribution in [-0.4, -0.2) is 60.0 Å². The number of ether oxygens (including phenoxy) is 1. The molecule has 1 aliphatic heterocycles. The Morgan fingerprint density at radius 3 is 2.78 bits per heavy atom. The summed E-state index contributed by atoms with van der Waals surface area (Å²) in [6, 6.07) is 16.5. The molecule has 2 aromatic carbocycles. The zero-order valence-electron chi connectivity index (χ0n) is 18.1. The average molecular weight is 452 g/mol. The van der Waals surface area contributed by atoms with Crippen molar-refractivity contribution in [1.82, 2.24) is 9.91 Å². The third-order valence-corrected chi connectivity index (χ3v) is 5.50. The fourth-order valence-corrected chi connectivity index (χ4v) is 3.76. The largest absolute Gasteiger partial charge is 0.449 e. The van der Waals surface area contributed by atoms with Gasteiger partial charge in [0.25, 0.3) is 0 Å². The van der Waals surface area contributed by atoms with Gasteiger partial charge < -0.3 is 9.64 Å². The number of thioether (sulfide) groups is 1. The van der Waals surface area contributed by atoms with Crippen LogP contribution in [0.5, 0.6) is 0 Å². The second-order valence-corrected chi connectivity index (χ2v) is 8.39. The van der Waals surface area contributed by atoms with E-state index in [4.69, 9.17) is 10.00 Å². The van der Waals surface area contributed by atoms with Crippen molar-refractivity contribution in [2.24, 2.45) is 5.10 Å². The van der Waals surface area contributed by atoms with Gasteiger partial charge in [-0.15, -0.1) is 0 Å². The molecule has 1 N–H and O–H groups in total. The minimum Gasteiger partial charge on any atom is -0.449 e. The van der Waals surface area contributed by atoms with E-state index in [0.717, 1.165) is 29.8 Å². The number of carbonyl (C=O) groups excluding carboxylic acids is 2. The molecule has 2 aromatic rings. The molecule has 1 heterocycles. The monoisotopic (exact) mass is 451 g/mol. The molecule has 2 amide bonds.